The molecule has 19 heavy (non-hydrogen) atoms. The zero-order chi connectivity index (χ0) is 14.0. The number of alkyl halides is 3. The first-order valence-electron chi connectivity index (χ1n) is 5.70. The van der Waals surface area contributed by atoms with Gasteiger partial charge < -0.3 is 5.11 Å². The third-order valence-electron chi connectivity index (χ3n) is 2.91. The number of rotatable bonds is 3. The minimum absolute atomic E-state index is 0.248. The summed E-state index contributed by atoms with van der Waals surface area (Å²) >= 11 is 0. The van der Waals surface area contributed by atoms with Gasteiger partial charge in [-0.25, -0.2) is 0 Å². The highest BCUT2D eigenvalue weighted by molar-refractivity contribution is 5.25. The maximum absolute atomic E-state index is 12.4. The van der Waals surface area contributed by atoms with E-state index in [9.17, 15) is 18.3 Å². The van der Waals surface area contributed by atoms with Crippen LogP contribution in [0.3, 0.4) is 0 Å². The van der Waals surface area contributed by atoms with E-state index in [2.05, 4.69) is 5.10 Å². The van der Waals surface area contributed by atoms with Crippen LogP contribution in [0.5, 0.6) is 0 Å². The number of halogens is 3. The molecule has 1 aromatic carbocycles. The summed E-state index contributed by atoms with van der Waals surface area (Å²) in [6.45, 7) is 0. The SMILES string of the molecule is Cn1nccc1C(O)Cc1ccc(C(F)(F)F)cc1. The van der Waals surface area contributed by atoms with Gasteiger partial charge in [-0.05, 0) is 23.8 Å². The molecule has 0 radical (unpaired) electrons. The number of aryl methyl sites for hydroxylation is 1. The van der Waals surface area contributed by atoms with E-state index in [4.69, 9.17) is 0 Å². The smallest absolute Gasteiger partial charge is 0.386 e. The van der Waals surface area contributed by atoms with Crippen molar-refractivity contribution >= 4 is 0 Å². The number of hydrogen-bond donors (Lipinski definition) is 1. The lowest BCUT2D eigenvalue weighted by molar-refractivity contribution is -0.137. The quantitative estimate of drug-likeness (QED) is 0.931. The second-order valence-corrected chi connectivity index (χ2v) is 4.29. The van der Waals surface area contributed by atoms with Crippen LogP contribution in [0.4, 0.5) is 13.2 Å². The highest BCUT2D eigenvalue weighted by atomic mass is 19.4. The highest BCUT2D eigenvalue weighted by Crippen LogP contribution is 2.29. The maximum Gasteiger partial charge on any atom is 0.416 e. The molecule has 2 rings (SSSR count). The van der Waals surface area contributed by atoms with Crippen molar-refractivity contribution < 1.29 is 18.3 Å². The van der Waals surface area contributed by atoms with Gasteiger partial charge in [0.25, 0.3) is 0 Å². The van der Waals surface area contributed by atoms with Crippen molar-refractivity contribution in [1.29, 1.82) is 0 Å². The first kappa shape index (κ1) is 13.6. The second-order valence-electron chi connectivity index (χ2n) is 4.29. The molecule has 3 nitrogen and oxygen atoms in total. The van der Waals surface area contributed by atoms with E-state index in [1.807, 2.05) is 0 Å². The number of benzene rings is 1. The molecular formula is C13H13F3N2O. The van der Waals surface area contributed by atoms with E-state index in [-0.39, 0.29) is 6.42 Å². The van der Waals surface area contributed by atoms with Crippen LogP contribution in [0.1, 0.15) is 22.9 Å². The summed E-state index contributed by atoms with van der Waals surface area (Å²) in [5, 5.41) is 13.9. The Kier molecular flexibility index (Phi) is 3.61. The molecule has 0 fully saturated rings. The summed E-state index contributed by atoms with van der Waals surface area (Å²) in [5.74, 6) is 0. The van der Waals surface area contributed by atoms with E-state index >= 15 is 0 Å². The van der Waals surface area contributed by atoms with Gasteiger partial charge in [-0.15, -0.1) is 0 Å². The highest BCUT2D eigenvalue weighted by Gasteiger charge is 2.30. The monoisotopic (exact) mass is 270 g/mol. The summed E-state index contributed by atoms with van der Waals surface area (Å²) < 4.78 is 38.7. The van der Waals surface area contributed by atoms with Crippen molar-refractivity contribution in [3.8, 4) is 0 Å². The molecule has 2 aromatic rings. The van der Waals surface area contributed by atoms with Crippen LogP contribution in [0.2, 0.25) is 0 Å². The van der Waals surface area contributed by atoms with Crippen molar-refractivity contribution in [2.45, 2.75) is 18.7 Å². The van der Waals surface area contributed by atoms with Crippen LogP contribution in [-0.2, 0) is 19.6 Å². The molecule has 0 aliphatic heterocycles. The Labute approximate surface area is 108 Å². The van der Waals surface area contributed by atoms with Gasteiger partial charge in [0, 0.05) is 19.7 Å². The Balaban J connectivity index is 2.10. The number of nitrogens with zero attached hydrogens (tertiary/aromatic N) is 2. The minimum atomic E-state index is -4.33. The molecule has 0 bridgehead atoms. The van der Waals surface area contributed by atoms with Gasteiger partial charge in [0.15, 0.2) is 0 Å². The molecule has 1 unspecified atom stereocenters. The molecule has 1 atom stereocenters. The van der Waals surface area contributed by atoms with Gasteiger partial charge in [-0.1, -0.05) is 12.1 Å². The fraction of sp³-hybridized carbons (Fsp3) is 0.308. The largest absolute Gasteiger partial charge is 0.416 e. The maximum atomic E-state index is 12.4. The van der Waals surface area contributed by atoms with Crippen LogP contribution in [-0.4, -0.2) is 14.9 Å². The molecule has 1 aromatic heterocycles. The molecule has 0 aliphatic carbocycles. The minimum Gasteiger partial charge on any atom is -0.386 e. The van der Waals surface area contributed by atoms with Gasteiger partial charge in [-0.3, -0.25) is 4.68 Å². The van der Waals surface area contributed by atoms with Gasteiger partial charge in [0.1, 0.15) is 0 Å². The van der Waals surface area contributed by atoms with E-state index in [1.54, 1.807) is 19.3 Å². The van der Waals surface area contributed by atoms with Crippen LogP contribution in [0.25, 0.3) is 0 Å². The molecule has 0 aliphatic rings. The number of aliphatic hydroxyl groups is 1. The Bertz CT molecular complexity index is 546. The zero-order valence-electron chi connectivity index (χ0n) is 10.2. The predicted molar refractivity (Wildman–Crippen MR) is 63.3 cm³/mol. The van der Waals surface area contributed by atoms with Gasteiger partial charge in [0.2, 0.25) is 0 Å². The number of aromatic nitrogens is 2. The fourth-order valence-corrected chi connectivity index (χ4v) is 1.87. The van der Waals surface area contributed by atoms with E-state index in [1.165, 1.54) is 16.8 Å². The summed E-state index contributed by atoms with van der Waals surface area (Å²) in [6.07, 6.45) is -3.31. The van der Waals surface area contributed by atoms with Crippen LogP contribution in [0, 0.1) is 0 Å². The lowest BCUT2D eigenvalue weighted by Gasteiger charge is -2.12. The summed E-state index contributed by atoms with van der Waals surface area (Å²) in [4.78, 5) is 0. The average molecular weight is 270 g/mol. The standard InChI is InChI=1S/C13H13F3N2O/c1-18-11(6-7-17-18)12(19)8-9-2-4-10(5-3-9)13(14,15)16/h2-7,12,19H,8H2,1H3. The first-order chi connectivity index (χ1) is 8.88. The summed E-state index contributed by atoms with van der Waals surface area (Å²) in [6, 6.07) is 6.47. The first-order valence-corrected chi connectivity index (χ1v) is 5.70. The lowest BCUT2D eigenvalue weighted by atomic mass is 10.0. The van der Waals surface area contributed by atoms with Gasteiger partial charge in [-0.2, -0.15) is 18.3 Å². The molecule has 0 saturated heterocycles. The van der Waals surface area contributed by atoms with Crippen molar-refractivity contribution in [3.05, 3.63) is 53.3 Å². The van der Waals surface area contributed by atoms with Crippen LogP contribution < -0.4 is 0 Å². The van der Waals surface area contributed by atoms with Crippen molar-refractivity contribution in [1.82, 2.24) is 9.78 Å². The third-order valence-corrected chi connectivity index (χ3v) is 2.91. The van der Waals surface area contributed by atoms with Crippen LogP contribution >= 0.6 is 0 Å². The summed E-state index contributed by atoms with van der Waals surface area (Å²) in [5.41, 5.74) is 0.577. The fourth-order valence-electron chi connectivity index (χ4n) is 1.87. The Morgan fingerprint density at radius 3 is 2.32 bits per heavy atom. The zero-order valence-corrected chi connectivity index (χ0v) is 10.2. The molecule has 0 saturated carbocycles. The number of hydrogen-bond acceptors (Lipinski definition) is 2. The number of aliphatic hydroxyl groups excluding tert-OH is 1. The second kappa shape index (κ2) is 5.05. The Morgan fingerprint density at radius 1 is 1.21 bits per heavy atom. The normalized spacial score (nSPS) is 13.5. The van der Waals surface area contributed by atoms with Gasteiger partial charge in [0.05, 0.1) is 17.4 Å². The van der Waals surface area contributed by atoms with E-state index < -0.39 is 17.8 Å². The third kappa shape index (κ3) is 3.14. The topological polar surface area (TPSA) is 38.0 Å². The molecular weight excluding hydrogens is 257 g/mol. The molecule has 0 amide bonds. The summed E-state index contributed by atoms with van der Waals surface area (Å²) in [7, 11) is 1.70. The molecule has 6 heteroatoms. The molecule has 0 spiro atoms. The van der Waals surface area contributed by atoms with E-state index in [0.29, 0.717) is 11.3 Å². The Morgan fingerprint density at radius 2 is 1.84 bits per heavy atom. The molecule has 102 valence electrons. The van der Waals surface area contributed by atoms with E-state index in [0.717, 1.165) is 12.1 Å². The van der Waals surface area contributed by atoms with Crippen molar-refractivity contribution in [3.63, 3.8) is 0 Å². The van der Waals surface area contributed by atoms with Gasteiger partial charge >= 0.3 is 6.18 Å². The molecule has 1 N–H and O–H groups in total. The van der Waals surface area contributed by atoms with Crippen molar-refractivity contribution in [2.24, 2.45) is 7.05 Å². The molecule has 1 heterocycles. The van der Waals surface area contributed by atoms with Crippen LogP contribution in [0.15, 0.2) is 36.5 Å². The Hall–Kier alpha value is -1.82. The lowest BCUT2D eigenvalue weighted by Crippen LogP contribution is -2.09. The van der Waals surface area contributed by atoms with Crippen molar-refractivity contribution in [2.75, 3.05) is 0 Å². The average Bonchev–Trinajstić information content (AvgIpc) is 2.75. The predicted octanol–water partition coefficient (Wildman–Crippen LogP) is 2.72.